The molecule has 0 aromatic carbocycles. The first-order valence-corrected chi connectivity index (χ1v) is 6.14. The molecule has 0 bridgehead atoms. The standard InChI is InChI=1S/C12H20N4O/c1-9-11(17-2)12(16-8-15-9)14-7-10-5-3-4-6-13-10/h8,10,13H,3-7H2,1-2H3,(H,14,15,16). The van der Waals surface area contributed by atoms with Crippen molar-refractivity contribution in [3.8, 4) is 5.75 Å². The molecule has 1 aromatic heterocycles. The van der Waals surface area contributed by atoms with Gasteiger partial charge >= 0.3 is 0 Å². The third-order valence-electron chi connectivity index (χ3n) is 3.11. The predicted molar refractivity (Wildman–Crippen MR) is 67.5 cm³/mol. The first-order valence-electron chi connectivity index (χ1n) is 6.14. The van der Waals surface area contributed by atoms with Gasteiger partial charge in [-0.05, 0) is 26.3 Å². The van der Waals surface area contributed by atoms with Gasteiger partial charge in [0, 0.05) is 12.6 Å². The number of nitrogens with one attached hydrogen (secondary N) is 2. The molecule has 1 aliphatic rings. The van der Waals surface area contributed by atoms with Gasteiger partial charge in [0.1, 0.15) is 6.33 Å². The molecular weight excluding hydrogens is 216 g/mol. The molecule has 2 heterocycles. The molecule has 1 atom stereocenters. The van der Waals surface area contributed by atoms with Crippen LogP contribution in [0, 0.1) is 6.92 Å². The van der Waals surface area contributed by atoms with Gasteiger partial charge in [0.05, 0.1) is 12.8 Å². The second-order valence-corrected chi connectivity index (χ2v) is 4.37. The Morgan fingerprint density at radius 1 is 1.47 bits per heavy atom. The van der Waals surface area contributed by atoms with Gasteiger partial charge in [-0.15, -0.1) is 0 Å². The molecule has 5 heteroatoms. The Morgan fingerprint density at radius 2 is 2.35 bits per heavy atom. The van der Waals surface area contributed by atoms with Crippen LogP contribution >= 0.6 is 0 Å². The molecule has 0 radical (unpaired) electrons. The Bertz CT molecular complexity index is 364. The first-order chi connectivity index (χ1) is 8.31. The Kier molecular flexibility index (Phi) is 4.14. The number of rotatable bonds is 4. The number of ether oxygens (including phenoxy) is 1. The zero-order valence-electron chi connectivity index (χ0n) is 10.5. The molecular formula is C12H20N4O. The van der Waals surface area contributed by atoms with Crippen LogP contribution in [0.15, 0.2) is 6.33 Å². The zero-order valence-corrected chi connectivity index (χ0v) is 10.5. The van der Waals surface area contributed by atoms with Gasteiger partial charge in [0.2, 0.25) is 0 Å². The molecule has 1 fully saturated rings. The second-order valence-electron chi connectivity index (χ2n) is 4.37. The van der Waals surface area contributed by atoms with Crippen molar-refractivity contribution in [3.05, 3.63) is 12.0 Å². The van der Waals surface area contributed by atoms with Crippen molar-refractivity contribution >= 4 is 5.82 Å². The van der Waals surface area contributed by atoms with Crippen LogP contribution in [0.4, 0.5) is 5.82 Å². The maximum Gasteiger partial charge on any atom is 0.182 e. The maximum absolute atomic E-state index is 5.31. The highest BCUT2D eigenvalue weighted by atomic mass is 16.5. The van der Waals surface area contributed by atoms with E-state index in [0.29, 0.717) is 6.04 Å². The zero-order chi connectivity index (χ0) is 12.1. The van der Waals surface area contributed by atoms with E-state index in [0.717, 1.165) is 30.4 Å². The fourth-order valence-corrected chi connectivity index (χ4v) is 2.15. The molecule has 1 saturated heterocycles. The maximum atomic E-state index is 5.31. The van der Waals surface area contributed by atoms with Gasteiger partial charge in [0.25, 0.3) is 0 Å². The van der Waals surface area contributed by atoms with E-state index in [-0.39, 0.29) is 0 Å². The normalized spacial score (nSPS) is 20.0. The number of piperidine rings is 1. The number of nitrogens with zero attached hydrogens (tertiary/aromatic N) is 2. The summed E-state index contributed by atoms with van der Waals surface area (Å²) >= 11 is 0. The number of aromatic nitrogens is 2. The summed E-state index contributed by atoms with van der Waals surface area (Å²) in [5.41, 5.74) is 0.863. The van der Waals surface area contributed by atoms with Crippen LogP contribution in [0.5, 0.6) is 5.75 Å². The number of hydrogen-bond donors (Lipinski definition) is 2. The summed E-state index contributed by atoms with van der Waals surface area (Å²) in [6.07, 6.45) is 5.37. The second kappa shape index (κ2) is 5.82. The molecule has 1 aliphatic heterocycles. The average molecular weight is 236 g/mol. The molecule has 5 nitrogen and oxygen atoms in total. The van der Waals surface area contributed by atoms with E-state index in [2.05, 4.69) is 20.6 Å². The SMILES string of the molecule is COc1c(C)ncnc1NCC1CCCCN1. The molecule has 1 aromatic rings. The smallest absolute Gasteiger partial charge is 0.182 e. The summed E-state index contributed by atoms with van der Waals surface area (Å²) in [5.74, 6) is 1.52. The van der Waals surface area contributed by atoms with Crippen molar-refractivity contribution in [1.82, 2.24) is 15.3 Å². The van der Waals surface area contributed by atoms with E-state index < -0.39 is 0 Å². The van der Waals surface area contributed by atoms with Crippen LogP contribution in [0.3, 0.4) is 0 Å². The van der Waals surface area contributed by atoms with Crippen molar-refractivity contribution in [1.29, 1.82) is 0 Å². The molecule has 2 N–H and O–H groups in total. The van der Waals surface area contributed by atoms with E-state index in [9.17, 15) is 0 Å². The molecule has 17 heavy (non-hydrogen) atoms. The van der Waals surface area contributed by atoms with Crippen LogP contribution in [-0.2, 0) is 0 Å². The van der Waals surface area contributed by atoms with Gasteiger partial charge in [-0.1, -0.05) is 6.42 Å². The van der Waals surface area contributed by atoms with Crippen molar-refractivity contribution in [2.24, 2.45) is 0 Å². The predicted octanol–water partition coefficient (Wildman–Crippen LogP) is 1.35. The molecule has 1 unspecified atom stereocenters. The van der Waals surface area contributed by atoms with Crippen molar-refractivity contribution in [3.63, 3.8) is 0 Å². The Hall–Kier alpha value is -1.36. The minimum absolute atomic E-state index is 0.531. The summed E-state index contributed by atoms with van der Waals surface area (Å²) in [7, 11) is 1.65. The summed E-state index contributed by atoms with van der Waals surface area (Å²) in [6, 6.07) is 0.531. The van der Waals surface area contributed by atoms with Gasteiger partial charge in [-0.3, -0.25) is 0 Å². The Balaban J connectivity index is 1.95. The van der Waals surface area contributed by atoms with E-state index in [1.54, 1.807) is 13.4 Å². The summed E-state index contributed by atoms with van der Waals surface area (Å²) in [6.45, 7) is 3.92. The van der Waals surface area contributed by atoms with Gasteiger partial charge in [-0.2, -0.15) is 0 Å². The molecule has 0 amide bonds. The number of aryl methyl sites for hydroxylation is 1. The lowest BCUT2D eigenvalue weighted by Crippen LogP contribution is -2.39. The van der Waals surface area contributed by atoms with Crippen LogP contribution < -0.4 is 15.4 Å². The van der Waals surface area contributed by atoms with E-state index >= 15 is 0 Å². The molecule has 94 valence electrons. The minimum Gasteiger partial charge on any atom is -0.491 e. The van der Waals surface area contributed by atoms with Crippen LogP contribution in [0.1, 0.15) is 25.0 Å². The lowest BCUT2D eigenvalue weighted by molar-refractivity contribution is 0.403. The minimum atomic E-state index is 0.531. The fourth-order valence-electron chi connectivity index (χ4n) is 2.15. The molecule has 0 saturated carbocycles. The van der Waals surface area contributed by atoms with Gasteiger partial charge in [0.15, 0.2) is 11.6 Å². The number of hydrogen-bond acceptors (Lipinski definition) is 5. The Morgan fingerprint density at radius 3 is 3.06 bits per heavy atom. The van der Waals surface area contributed by atoms with Crippen LogP contribution in [0.25, 0.3) is 0 Å². The van der Waals surface area contributed by atoms with Gasteiger partial charge in [-0.25, -0.2) is 9.97 Å². The highest BCUT2D eigenvalue weighted by Crippen LogP contribution is 2.23. The summed E-state index contributed by atoms with van der Waals surface area (Å²) in [4.78, 5) is 8.33. The van der Waals surface area contributed by atoms with Crippen LogP contribution in [-0.4, -0.2) is 36.2 Å². The lowest BCUT2D eigenvalue weighted by atomic mass is 10.1. The quantitative estimate of drug-likeness (QED) is 0.826. The third kappa shape index (κ3) is 3.06. The highest BCUT2D eigenvalue weighted by Gasteiger charge is 2.14. The monoisotopic (exact) mass is 236 g/mol. The van der Waals surface area contributed by atoms with E-state index in [1.165, 1.54) is 19.3 Å². The lowest BCUT2D eigenvalue weighted by Gasteiger charge is -2.24. The largest absolute Gasteiger partial charge is 0.491 e. The van der Waals surface area contributed by atoms with E-state index in [4.69, 9.17) is 4.74 Å². The molecule has 2 rings (SSSR count). The third-order valence-corrected chi connectivity index (χ3v) is 3.11. The summed E-state index contributed by atoms with van der Waals surface area (Å²) in [5, 5.41) is 6.83. The average Bonchev–Trinajstić information content (AvgIpc) is 2.37. The first kappa shape index (κ1) is 12.1. The van der Waals surface area contributed by atoms with Crippen molar-refractivity contribution in [2.75, 3.05) is 25.5 Å². The van der Waals surface area contributed by atoms with Crippen molar-refractivity contribution < 1.29 is 4.74 Å². The number of anilines is 1. The van der Waals surface area contributed by atoms with E-state index in [1.807, 2.05) is 6.92 Å². The van der Waals surface area contributed by atoms with Crippen LogP contribution in [0.2, 0.25) is 0 Å². The fraction of sp³-hybridized carbons (Fsp3) is 0.667. The van der Waals surface area contributed by atoms with Crippen molar-refractivity contribution in [2.45, 2.75) is 32.2 Å². The topological polar surface area (TPSA) is 59.1 Å². The molecule has 0 aliphatic carbocycles. The Labute approximate surface area is 102 Å². The molecule has 0 spiro atoms. The van der Waals surface area contributed by atoms with Gasteiger partial charge < -0.3 is 15.4 Å². The highest BCUT2D eigenvalue weighted by molar-refractivity contribution is 5.51. The summed E-state index contributed by atoms with van der Waals surface area (Å²) < 4.78 is 5.31. The number of methoxy groups -OCH3 is 1.